The van der Waals surface area contributed by atoms with E-state index in [1.165, 1.54) is 0 Å². The van der Waals surface area contributed by atoms with Gasteiger partial charge in [0.05, 0.1) is 6.61 Å². The van der Waals surface area contributed by atoms with Gasteiger partial charge in [0.15, 0.2) is 0 Å². The summed E-state index contributed by atoms with van der Waals surface area (Å²) in [6.07, 6.45) is 1.60. The average molecular weight is 216 g/mol. The Morgan fingerprint density at radius 1 is 1.27 bits per heavy atom. The summed E-state index contributed by atoms with van der Waals surface area (Å²) in [6, 6.07) is 0. The highest BCUT2D eigenvalue weighted by atomic mass is 16.5. The van der Waals surface area contributed by atoms with Gasteiger partial charge in [-0.25, -0.2) is 0 Å². The molecule has 0 bridgehead atoms. The lowest BCUT2D eigenvalue weighted by atomic mass is 10.1. The van der Waals surface area contributed by atoms with Gasteiger partial charge in [0.25, 0.3) is 0 Å². The molecule has 15 heavy (non-hydrogen) atoms. The number of rotatable bonds is 9. The van der Waals surface area contributed by atoms with Crippen molar-refractivity contribution in [1.29, 1.82) is 0 Å². The second-order valence-electron chi connectivity index (χ2n) is 4.03. The van der Waals surface area contributed by atoms with Gasteiger partial charge in [0, 0.05) is 33.2 Å². The van der Waals surface area contributed by atoms with E-state index in [4.69, 9.17) is 4.74 Å². The molecule has 0 aliphatic carbocycles. The standard InChI is InChI=1S/C11H24N2O2/c1-10(2)4-5-11(14)13-7-6-12-8-9-15-3/h10,12H,4-9H2,1-3H3,(H,13,14). The van der Waals surface area contributed by atoms with E-state index in [9.17, 15) is 4.79 Å². The molecule has 2 N–H and O–H groups in total. The first-order valence-corrected chi connectivity index (χ1v) is 5.63. The number of carbonyl (C=O) groups is 1. The second-order valence-corrected chi connectivity index (χ2v) is 4.03. The first kappa shape index (κ1) is 14.4. The number of carbonyl (C=O) groups excluding carboxylic acids is 1. The summed E-state index contributed by atoms with van der Waals surface area (Å²) in [7, 11) is 1.68. The van der Waals surface area contributed by atoms with Crippen molar-refractivity contribution in [3.8, 4) is 0 Å². The van der Waals surface area contributed by atoms with Gasteiger partial charge in [-0.05, 0) is 12.3 Å². The molecule has 0 spiro atoms. The van der Waals surface area contributed by atoms with Gasteiger partial charge in [0.2, 0.25) is 5.91 Å². The molecule has 0 fully saturated rings. The van der Waals surface area contributed by atoms with E-state index in [-0.39, 0.29) is 5.91 Å². The van der Waals surface area contributed by atoms with Crippen molar-refractivity contribution < 1.29 is 9.53 Å². The molecule has 0 rings (SSSR count). The number of ether oxygens (including phenoxy) is 1. The second kappa shape index (κ2) is 9.93. The Labute approximate surface area is 92.8 Å². The maximum atomic E-state index is 11.3. The van der Waals surface area contributed by atoms with Crippen molar-refractivity contribution in [2.45, 2.75) is 26.7 Å². The van der Waals surface area contributed by atoms with E-state index >= 15 is 0 Å². The maximum Gasteiger partial charge on any atom is 0.220 e. The molecule has 0 aromatic carbocycles. The van der Waals surface area contributed by atoms with Crippen molar-refractivity contribution >= 4 is 5.91 Å². The molecule has 0 aromatic rings. The molecule has 0 aliphatic rings. The maximum absolute atomic E-state index is 11.3. The minimum atomic E-state index is 0.150. The molecular formula is C11H24N2O2. The Kier molecular flexibility index (Phi) is 9.52. The van der Waals surface area contributed by atoms with Crippen LogP contribution in [0.3, 0.4) is 0 Å². The lowest BCUT2D eigenvalue weighted by Gasteiger charge is -2.07. The fourth-order valence-corrected chi connectivity index (χ4v) is 1.10. The van der Waals surface area contributed by atoms with Crippen LogP contribution in [-0.4, -0.2) is 39.3 Å². The Morgan fingerprint density at radius 3 is 2.60 bits per heavy atom. The lowest BCUT2D eigenvalue weighted by Crippen LogP contribution is -2.33. The minimum absolute atomic E-state index is 0.150. The fourth-order valence-electron chi connectivity index (χ4n) is 1.10. The molecule has 4 heteroatoms. The number of hydrogen-bond acceptors (Lipinski definition) is 3. The molecule has 1 amide bonds. The van der Waals surface area contributed by atoms with Gasteiger partial charge < -0.3 is 15.4 Å². The number of amides is 1. The van der Waals surface area contributed by atoms with Crippen molar-refractivity contribution in [2.24, 2.45) is 5.92 Å². The number of methoxy groups -OCH3 is 1. The SMILES string of the molecule is COCCNCCNC(=O)CCC(C)C. The zero-order valence-electron chi connectivity index (χ0n) is 10.1. The zero-order chi connectivity index (χ0) is 11.5. The molecule has 4 nitrogen and oxygen atoms in total. The largest absolute Gasteiger partial charge is 0.383 e. The fraction of sp³-hybridized carbons (Fsp3) is 0.909. The summed E-state index contributed by atoms with van der Waals surface area (Å²) >= 11 is 0. The van der Waals surface area contributed by atoms with E-state index < -0.39 is 0 Å². The van der Waals surface area contributed by atoms with Gasteiger partial charge in [-0.15, -0.1) is 0 Å². The van der Waals surface area contributed by atoms with E-state index in [0.717, 1.165) is 19.5 Å². The third-order valence-corrected chi connectivity index (χ3v) is 2.06. The molecule has 90 valence electrons. The average Bonchev–Trinajstić information content (AvgIpc) is 2.20. The summed E-state index contributed by atoms with van der Waals surface area (Å²) in [5, 5.41) is 6.04. The van der Waals surface area contributed by atoms with Crippen LogP contribution in [0.25, 0.3) is 0 Å². The molecule has 0 heterocycles. The van der Waals surface area contributed by atoms with Crippen LogP contribution in [0, 0.1) is 5.92 Å². The summed E-state index contributed by atoms with van der Waals surface area (Å²) in [5.74, 6) is 0.743. The summed E-state index contributed by atoms with van der Waals surface area (Å²) in [4.78, 5) is 11.3. The summed E-state index contributed by atoms with van der Waals surface area (Å²) < 4.78 is 4.88. The quantitative estimate of drug-likeness (QED) is 0.560. The van der Waals surface area contributed by atoms with Crippen molar-refractivity contribution in [2.75, 3.05) is 33.4 Å². The van der Waals surface area contributed by atoms with E-state index in [2.05, 4.69) is 24.5 Å². The topological polar surface area (TPSA) is 50.4 Å². The molecule has 0 unspecified atom stereocenters. The summed E-state index contributed by atoms with van der Waals surface area (Å²) in [5.41, 5.74) is 0. The Bertz CT molecular complexity index is 161. The molecule has 0 saturated carbocycles. The van der Waals surface area contributed by atoms with E-state index in [1.54, 1.807) is 7.11 Å². The van der Waals surface area contributed by atoms with Crippen molar-refractivity contribution in [3.05, 3.63) is 0 Å². The van der Waals surface area contributed by atoms with Crippen LogP contribution >= 0.6 is 0 Å². The molecule has 0 saturated heterocycles. The van der Waals surface area contributed by atoms with E-state index in [0.29, 0.717) is 25.5 Å². The van der Waals surface area contributed by atoms with Crippen LogP contribution < -0.4 is 10.6 Å². The molecule has 0 radical (unpaired) electrons. The van der Waals surface area contributed by atoms with E-state index in [1.807, 2.05) is 0 Å². The van der Waals surface area contributed by atoms with Gasteiger partial charge in [-0.3, -0.25) is 4.79 Å². The molecule has 0 aliphatic heterocycles. The Balaban J connectivity index is 3.17. The predicted molar refractivity (Wildman–Crippen MR) is 61.8 cm³/mol. The van der Waals surface area contributed by atoms with Crippen LogP contribution in [-0.2, 0) is 9.53 Å². The van der Waals surface area contributed by atoms with Gasteiger partial charge in [-0.2, -0.15) is 0 Å². The summed E-state index contributed by atoms with van der Waals surface area (Å²) in [6.45, 7) is 7.29. The lowest BCUT2D eigenvalue weighted by molar-refractivity contribution is -0.121. The number of hydrogen-bond donors (Lipinski definition) is 2. The van der Waals surface area contributed by atoms with Gasteiger partial charge in [-0.1, -0.05) is 13.8 Å². The highest BCUT2D eigenvalue weighted by molar-refractivity contribution is 5.75. The normalized spacial score (nSPS) is 10.7. The smallest absolute Gasteiger partial charge is 0.220 e. The zero-order valence-corrected chi connectivity index (χ0v) is 10.1. The van der Waals surface area contributed by atoms with Crippen LogP contribution in [0.5, 0.6) is 0 Å². The minimum Gasteiger partial charge on any atom is -0.383 e. The van der Waals surface area contributed by atoms with Gasteiger partial charge in [0.1, 0.15) is 0 Å². The van der Waals surface area contributed by atoms with Gasteiger partial charge >= 0.3 is 0 Å². The van der Waals surface area contributed by atoms with Crippen LogP contribution in [0.4, 0.5) is 0 Å². The monoisotopic (exact) mass is 216 g/mol. The van der Waals surface area contributed by atoms with Crippen LogP contribution in [0.1, 0.15) is 26.7 Å². The number of nitrogens with one attached hydrogen (secondary N) is 2. The third-order valence-electron chi connectivity index (χ3n) is 2.06. The molecule has 0 aromatic heterocycles. The third kappa shape index (κ3) is 11.3. The van der Waals surface area contributed by atoms with Crippen LogP contribution in [0.2, 0.25) is 0 Å². The first-order chi connectivity index (χ1) is 7.16. The van der Waals surface area contributed by atoms with Crippen LogP contribution in [0.15, 0.2) is 0 Å². The first-order valence-electron chi connectivity index (χ1n) is 5.63. The Hall–Kier alpha value is -0.610. The Morgan fingerprint density at radius 2 is 2.00 bits per heavy atom. The van der Waals surface area contributed by atoms with Crippen molar-refractivity contribution in [1.82, 2.24) is 10.6 Å². The highest BCUT2D eigenvalue weighted by Crippen LogP contribution is 2.02. The highest BCUT2D eigenvalue weighted by Gasteiger charge is 2.01. The van der Waals surface area contributed by atoms with Crippen molar-refractivity contribution in [3.63, 3.8) is 0 Å². The molecule has 0 atom stereocenters. The molecular weight excluding hydrogens is 192 g/mol. The predicted octanol–water partition coefficient (Wildman–Crippen LogP) is 0.775.